The summed E-state index contributed by atoms with van der Waals surface area (Å²) in [7, 11) is 0. The molecule has 3 heteroatoms. The summed E-state index contributed by atoms with van der Waals surface area (Å²) in [6.45, 7) is 4.27. The van der Waals surface area contributed by atoms with Crippen molar-refractivity contribution in [3.8, 4) is 0 Å². The predicted molar refractivity (Wildman–Crippen MR) is 75.1 cm³/mol. The van der Waals surface area contributed by atoms with E-state index in [4.69, 9.17) is 5.11 Å². The highest BCUT2D eigenvalue weighted by atomic mass is 16.4. The van der Waals surface area contributed by atoms with E-state index < -0.39 is 5.97 Å². The molecule has 98 valence electrons. The van der Waals surface area contributed by atoms with Gasteiger partial charge < -0.3 is 5.11 Å². The van der Waals surface area contributed by atoms with Gasteiger partial charge in [-0.3, -0.25) is 9.69 Å². The van der Waals surface area contributed by atoms with E-state index >= 15 is 0 Å². The van der Waals surface area contributed by atoms with Crippen molar-refractivity contribution in [1.29, 1.82) is 0 Å². The molecule has 1 N–H and O–H groups in total. The Morgan fingerprint density at radius 1 is 1.21 bits per heavy atom. The summed E-state index contributed by atoms with van der Waals surface area (Å²) >= 11 is 0. The van der Waals surface area contributed by atoms with Gasteiger partial charge in [0.15, 0.2) is 0 Å². The van der Waals surface area contributed by atoms with Crippen molar-refractivity contribution in [2.75, 3.05) is 13.1 Å². The summed E-state index contributed by atoms with van der Waals surface area (Å²) in [5, 5.41) is 11.4. The van der Waals surface area contributed by atoms with Crippen LogP contribution in [0.1, 0.15) is 11.1 Å². The molecular formula is C16H17NO2. The van der Waals surface area contributed by atoms with Gasteiger partial charge in [-0.2, -0.15) is 0 Å². The van der Waals surface area contributed by atoms with Crippen molar-refractivity contribution in [3.63, 3.8) is 0 Å². The Hall–Kier alpha value is -1.87. The number of aryl methyl sites for hydroxylation is 1. The van der Waals surface area contributed by atoms with E-state index in [1.165, 1.54) is 21.9 Å². The summed E-state index contributed by atoms with van der Waals surface area (Å²) < 4.78 is 0. The van der Waals surface area contributed by atoms with Gasteiger partial charge in [-0.25, -0.2) is 0 Å². The molecular weight excluding hydrogens is 238 g/mol. The number of rotatable bonds is 3. The zero-order chi connectivity index (χ0) is 13.4. The van der Waals surface area contributed by atoms with Gasteiger partial charge in [0, 0.05) is 19.6 Å². The molecule has 0 atom stereocenters. The number of carboxylic acids is 1. The Morgan fingerprint density at radius 2 is 1.89 bits per heavy atom. The largest absolute Gasteiger partial charge is 0.481 e. The molecule has 1 saturated heterocycles. The Morgan fingerprint density at radius 3 is 2.63 bits per heavy atom. The van der Waals surface area contributed by atoms with E-state index in [-0.39, 0.29) is 5.92 Å². The summed E-state index contributed by atoms with van der Waals surface area (Å²) in [4.78, 5) is 12.9. The lowest BCUT2D eigenvalue weighted by molar-refractivity contribution is -0.147. The standard InChI is InChI=1S/C16H17NO2/c1-11-2-4-14-7-12(3-5-13(14)6-11)8-17-9-15(10-17)16(18)19/h2-7,15H,8-10H2,1H3,(H,18,19). The molecule has 2 aromatic rings. The first kappa shape index (κ1) is 12.2. The van der Waals surface area contributed by atoms with Crippen LogP contribution in [0.3, 0.4) is 0 Å². The molecule has 1 aliphatic rings. The lowest BCUT2D eigenvalue weighted by atomic mass is 9.98. The molecule has 0 aliphatic carbocycles. The van der Waals surface area contributed by atoms with Crippen molar-refractivity contribution < 1.29 is 9.90 Å². The molecule has 0 unspecified atom stereocenters. The summed E-state index contributed by atoms with van der Waals surface area (Å²) in [5.74, 6) is -0.853. The number of hydrogen-bond donors (Lipinski definition) is 1. The predicted octanol–water partition coefficient (Wildman–Crippen LogP) is 2.66. The van der Waals surface area contributed by atoms with E-state index in [1.54, 1.807) is 0 Å². The fourth-order valence-electron chi connectivity index (χ4n) is 2.63. The molecule has 0 radical (unpaired) electrons. The second-order valence-electron chi connectivity index (χ2n) is 5.41. The van der Waals surface area contributed by atoms with E-state index in [1.807, 2.05) is 0 Å². The van der Waals surface area contributed by atoms with Crippen molar-refractivity contribution in [1.82, 2.24) is 4.90 Å². The van der Waals surface area contributed by atoms with Gasteiger partial charge in [0.2, 0.25) is 0 Å². The number of hydrogen-bond acceptors (Lipinski definition) is 2. The van der Waals surface area contributed by atoms with E-state index in [0.29, 0.717) is 13.1 Å². The quantitative estimate of drug-likeness (QED) is 0.916. The van der Waals surface area contributed by atoms with Gasteiger partial charge in [0.1, 0.15) is 0 Å². The lowest BCUT2D eigenvalue weighted by Gasteiger charge is -2.36. The minimum absolute atomic E-state index is 0.178. The number of carbonyl (C=O) groups is 1. The number of carboxylic acid groups (broad SMARTS) is 1. The van der Waals surface area contributed by atoms with Crippen LogP contribution in [0.15, 0.2) is 36.4 Å². The normalized spacial score (nSPS) is 16.5. The van der Waals surface area contributed by atoms with Gasteiger partial charge >= 0.3 is 5.97 Å². The van der Waals surface area contributed by atoms with Crippen LogP contribution in [0.5, 0.6) is 0 Å². The van der Waals surface area contributed by atoms with E-state index in [0.717, 1.165) is 6.54 Å². The molecule has 1 heterocycles. The second-order valence-corrected chi connectivity index (χ2v) is 5.41. The van der Waals surface area contributed by atoms with Crippen LogP contribution in [0.2, 0.25) is 0 Å². The molecule has 3 nitrogen and oxygen atoms in total. The third kappa shape index (κ3) is 2.47. The van der Waals surface area contributed by atoms with Crippen LogP contribution in [-0.4, -0.2) is 29.1 Å². The maximum atomic E-state index is 10.8. The highest BCUT2D eigenvalue weighted by molar-refractivity contribution is 5.83. The van der Waals surface area contributed by atoms with Crippen LogP contribution < -0.4 is 0 Å². The first-order chi connectivity index (χ1) is 9.11. The van der Waals surface area contributed by atoms with Gasteiger partial charge in [0.25, 0.3) is 0 Å². The number of aliphatic carboxylic acids is 1. The highest BCUT2D eigenvalue weighted by Crippen LogP contribution is 2.22. The number of benzene rings is 2. The molecule has 19 heavy (non-hydrogen) atoms. The maximum Gasteiger partial charge on any atom is 0.309 e. The fourth-order valence-corrected chi connectivity index (χ4v) is 2.63. The molecule has 1 aliphatic heterocycles. The third-order valence-electron chi connectivity index (χ3n) is 3.77. The van der Waals surface area contributed by atoms with Gasteiger partial charge in [-0.1, -0.05) is 35.9 Å². The Balaban J connectivity index is 1.72. The number of likely N-dealkylation sites (tertiary alicyclic amines) is 1. The zero-order valence-corrected chi connectivity index (χ0v) is 11.0. The van der Waals surface area contributed by atoms with Crippen LogP contribution in [0, 0.1) is 12.8 Å². The Bertz CT molecular complexity index is 630. The molecule has 0 aromatic heterocycles. The number of fused-ring (bicyclic) bond motifs is 1. The monoisotopic (exact) mass is 255 g/mol. The minimum atomic E-state index is -0.676. The van der Waals surface area contributed by atoms with Gasteiger partial charge in [-0.15, -0.1) is 0 Å². The molecule has 0 saturated carbocycles. The fraction of sp³-hybridized carbons (Fsp3) is 0.312. The first-order valence-corrected chi connectivity index (χ1v) is 6.56. The Labute approximate surface area is 112 Å². The molecule has 1 fully saturated rings. The number of nitrogens with zero attached hydrogens (tertiary/aromatic N) is 1. The molecule has 2 aromatic carbocycles. The van der Waals surface area contributed by atoms with Crippen LogP contribution in [0.4, 0.5) is 0 Å². The zero-order valence-electron chi connectivity index (χ0n) is 11.0. The topological polar surface area (TPSA) is 40.5 Å². The molecule has 0 bridgehead atoms. The van der Waals surface area contributed by atoms with Gasteiger partial charge in [-0.05, 0) is 29.3 Å². The average molecular weight is 255 g/mol. The van der Waals surface area contributed by atoms with Crippen molar-refractivity contribution in [2.45, 2.75) is 13.5 Å². The van der Waals surface area contributed by atoms with Gasteiger partial charge in [0.05, 0.1) is 5.92 Å². The van der Waals surface area contributed by atoms with E-state index in [2.05, 4.69) is 48.2 Å². The summed E-state index contributed by atoms with van der Waals surface area (Å²) in [5.41, 5.74) is 2.52. The van der Waals surface area contributed by atoms with Crippen molar-refractivity contribution in [3.05, 3.63) is 47.5 Å². The highest BCUT2D eigenvalue weighted by Gasteiger charge is 2.32. The van der Waals surface area contributed by atoms with Crippen LogP contribution in [0.25, 0.3) is 10.8 Å². The smallest absolute Gasteiger partial charge is 0.309 e. The summed E-state index contributed by atoms with van der Waals surface area (Å²) in [6.07, 6.45) is 0. The average Bonchev–Trinajstić information content (AvgIpc) is 2.32. The molecule has 0 amide bonds. The van der Waals surface area contributed by atoms with Crippen molar-refractivity contribution in [2.24, 2.45) is 5.92 Å². The Kier molecular flexibility index (Phi) is 2.99. The first-order valence-electron chi connectivity index (χ1n) is 6.56. The second kappa shape index (κ2) is 4.67. The lowest BCUT2D eigenvalue weighted by Crippen LogP contribution is -2.49. The third-order valence-corrected chi connectivity index (χ3v) is 3.77. The van der Waals surface area contributed by atoms with E-state index in [9.17, 15) is 4.79 Å². The minimum Gasteiger partial charge on any atom is -0.481 e. The summed E-state index contributed by atoms with van der Waals surface area (Å²) in [6, 6.07) is 12.9. The molecule has 0 spiro atoms. The maximum absolute atomic E-state index is 10.8. The van der Waals surface area contributed by atoms with Crippen LogP contribution >= 0.6 is 0 Å². The molecule has 3 rings (SSSR count). The van der Waals surface area contributed by atoms with Crippen LogP contribution in [-0.2, 0) is 11.3 Å². The SMILES string of the molecule is Cc1ccc2cc(CN3CC(C(=O)O)C3)ccc2c1. The van der Waals surface area contributed by atoms with Crippen molar-refractivity contribution >= 4 is 16.7 Å².